The maximum Gasteiger partial charge on any atom is 0.344 e. The highest BCUT2D eigenvalue weighted by Gasteiger charge is 2.41. The lowest BCUT2D eigenvalue weighted by atomic mass is 9.84. The molecule has 0 aromatic carbocycles. The van der Waals surface area contributed by atoms with Crippen LogP contribution in [0.25, 0.3) is 0 Å². The van der Waals surface area contributed by atoms with Crippen molar-refractivity contribution < 1.29 is 19.5 Å². The largest absolute Gasteiger partial charge is 0.511 e. The lowest BCUT2D eigenvalue weighted by molar-refractivity contribution is -0.153. The van der Waals surface area contributed by atoms with Gasteiger partial charge in [0.1, 0.15) is 23.5 Å². The van der Waals surface area contributed by atoms with E-state index in [4.69, 9.17) is 9.57 Å². The van der Waals surface area contributed by atoms with Crippen LogP contribution in [0.4, 0.5) is 0 Å². The standard InChI is InChI=1S/C16H21NO4/c1-3-10-20-17-12(4-2)14-13(18)11-16(21-15(14)19)8-6-5-7-9-16/h3,6,8,18H,1,4-5,7,9-11H2,2H3. The first kappa shape index (κ1) is 15.4. The molecule has 21 heavy (non-hydrogen) atoms. The first-order valence-electron chi connectivity index (χ1n) is 7.25. The number of ether oxygens (including phenoxy) is 1. The Morgan fingerprint density at radius 2 is 2.48 bits per heavy atom. The van der Waals surface area contributed by atoms with Crippen molar-refractivity contribution in [1.82, 2.24) is 0 Å². The highest BCUT2D eigenvalue weighted by Crippen LogP contribution is 2.37. The van der Waals surface area contributed by atoms with Gasteiger partial charge in [0.2, 0.25) is 0 Å². The Hall–Kier alpha value is -2.04. The Bertz CT molecular complexity index is 518. The molecule has 0 aromatic rings. The predicted octanol–water partition coefficient (Wildman–Crippen LogP) is 3.19. The molecule has 2 rings (SSSR count). The fraction of sp³-hybridized carbons (Fsp3) is 0.500. The van der Waals surface area contributed by atoms with Crippen LogP contribution in [0.1, 0.15) is 39.0 Å². The van der Waals surface area contributed by atoms with Crippen molar-refractivity contribution in [1.29, 1.82) is 0 Å². The molecule has 2 aliphatic rings. The van der Waals surface area contributed by atoms with Gasteiger partial charge in [-0.15, -0.1) is 0 Å². The van der Waals surface area contributed by atoms with Crippen LogP contribution in [0, 0.1) is 0 Å². The molecule has 1 atom stereocenters. The van der Waals surface area contributed by atoms with Crippen LogP contribution in [0.3, 0.4) is 0 Å². The van der Waals surface area contributed by atoms with Gasteiger partial charge in [0, 0.05) is 6.42 Å². The van der Waals surface area contributed by atoms with Crippen molar-refractivity contribution in [3.63, 3.8) is 0 Å². The van der Waals surface area contributed by atoms with Gasteiger partial charge in [0.05, 0.1) is 5.71 Å². The van der Waals surface area contributed by atoms with E-state index in [-0.39, 0.29) is 17.9 Å². The van der Waals surface area contributed by atoms with E-state index in [1.165, 1.54) is 0 Å². The normalized spacial score (nSPS) is 26.0. The molecule has 0 aromatic heterocycles. The average Bonchev–Trinajstić information content (AvgIpc) is 2.45. The summed E-state index contributed by atoms with van der Waals surface area (Å²) in [6.07, 6.45) is 8.87. The number of oxime groups is 1. The van der Waals surface area contributed by atoms with Crippen molar-refractivity contribution >= 4 is 11.7 Å². The Kier molecular flexibility index (Phi) is 4.83. The third-order valence-corrected chi connectivity index (χ3v) is 3.64. The second-order valence-electron chi connectivity index (χ2n) is 5.22. The smallest absolute Gasteiger partial charge is 0.344 e. The molecular weight excluding hydrogens is 270 g/mol. The second kappa shape index (κ2) is 6.61. The highest BCUT2D eigenvalue weighted by molar-refractivity contribution is 6.20. The van der Waals surface area contributed by atoms with E-state index in [0.717, 1.165) is 19.3 Å². The van der Waals surface area contributed by atoms with Crippen LogP contribution in [-0.4, -0.2) is 29.0 Å². The number of carbonyl (C=O) groups excluding carboxylic acids is 1. The molecule has 1 spiro atoms. The molecule has 1 N–H and O–H groups in total. The summed E-state index contributed by atoms with van der Waals surface area (Å²) in [6, 6.07) is 0. The van der Waals surface area contributed by atoms with Gasteiger partial charge in [-0.25, -0.2) is 4.79 Å². The number of allylic oxidation sites excluding steroid dienone is 1. The minimum atomic E-state index is -0.691. The topological polar surface area (TPSA) is 68.1 Å². The lowest BCUT2D eigenvalue weighted by Gasteiger charge is -2.36. The molecule has 5 heteroatoms. The molecule has 0 amide bonds. The number of hydrogen-bond acceptors (Lipinski definition) is 5. The number of nitrogens with zero attached hydrogens (tertiary/aromatic N) is 1. The molecule has 1 aliphatic heterocycles. The van der Waals surface area contributed by atoms with E-state index >= 15 is 0 Å². The molecule has 1 aliphatic carbocycles. The first-order valence-corrected chi connectivity index (χ1v) is 7.25. The second-order valence-corrected chi connectivity index (χ2v) is 5.22. The molecule has 114 valence electrons. The lowest BCUT2D eigenvalue weighted by Crippen LogP contribution is -2.41. The van der Waals surface area contributed by atoms with Crippen LogP contribution in [0.2, 0.25) is 0 Å². The van der Waals surface area contributed by atoms with Gasteiger partial charge in [-0.05, 0) is 31.8 Å². The molecule has 0 bridgehead atoms. The van der Waals surface area contributed by atoms with Crippen LogP contribution >= 0.6 is 0 Å². The van der Waals surface area contributed by atoms with E-state index in [2.05, 4.69) is 11.7 Å². The molecule has 1 unspecified atom stereocenters. The molecule has 0 fully saturated rings. The Balaban J connectivity index is 2.26. The summed E-state index contributed by atoms with van der Waals surface area (Å²) >= 11 is 0. The summed E-state index contributed by atoms with van der Waals surface area (Å²) in [5.41, 5.74) is -0.163. The molecule has 1 heterocycles. The fourth-order valence-electron chi connectivity index (χ4n) is 2.63. The summed E-state index contributed by atoms with van der Waals surface area (Å²) in [4.78, 5) is 17.3. The van der Waals surface area contributed by atoms with Gasteiger partial charge in [0.25, 0.3) is 0 Å². The third-order valence-electron chi connectivity index (χ3n) is 3.64. The Labute approximate surface area is 124 Å². The fourth-order valence-corrected chi connectivity index (χ4v) is 2.63. The zero-order valence-corrected chi connectivity index (χ0v) is 12.3. The maximum atomic E-state index is 12.3. The van der Waals surface area contributed by atoms with Crippen LogP contribution in [0.15, 0.2) is 41.3 Å². The van der Waals surface area contributed by atoms with Gasteiger partial charge in [-0.2, -0.15) is 0 Å². The SMILES string of the molecule is C=CCON=C(CC)C1=C(O)CC2(C=CCCC2)OC1=O. The Morgan fingerprint density at radius 1 is 1.67 bits per heavy atom. The summed E-state index contributed by atoms with van der Waals surface area (Å²) < 4.78 is 5.59. The van der Waals surface area contributed by atoms with Crippen molar-refractivity contribution in [2.45, 2.75) is 44.6 Å². The van der Waals surface area contributed by atoms with Gasteiger partial charge in [-0.1, -0.05) is 30.8 Å². The van der Waals surface area contributed by atoms with E-state index in [0.29, 0.717) is 18.6 Å². The summed E-state index contributed by atoms with van der Waals surface area (Å²) in [5, 5.41) is 14.2. The molecular formula is C16H21NO4. The van der Waals surface area contributed by atoms with Crippen molar-refractivity contribution in [3.05, 3.63) is 36.1 Å². The van der Waals surface area contributed by atoms with Crippen LogP contribution < -0.4 is 0 Å². The molecule has 0 saturated heterocycles. The predicted molar refractivity (Wildman–Crippen MR) is 80.0 cm³/mol. The molecule has 0 saturated carbocycles. The number of aliphatic hydroxyl groups is 1. The number of carbonyl (C=O) groups is 1. The zero-order valence-electron chi connectivity index (χ0n) is 12.3. The maximum absolute atomic E-state index is 12.3. The monoisotopic (exact) mass is 291 g/mol. The number of rotatable bonds is 5. The molecule has 5 nitrogen and oxygen atoms in total. The summed E-state index contributed by atoms with van der Waals surface area (Å²) in [6.45, 7) is 5.62. The highest BCUT2D eigenvalue weighted by atomic mass is 16.6. The summed E-state index contributed by atoms with van der Waals surface area (Å²) in [7, 11) is 0. The van der Waals surface area contributed by atoms with Gasteiger partial charge < -0.3 is 14.7 Å². The minimum absolute atomic E-state index is 0.0283. The molecule has 0 radical (unpaired) electrons. The van der Waals surface area contributed by atoms with E-state index < -0.39 is 11.6 Å². The number of aliphatic hydroxyl groups excluding tert-OH is 1. The van der Waals surface area contributed by atoms with Crippen molar-refractivity contribution in [3.8, 4) is 0 Å². The van der Waals surface area contributed by atoms with Gasteiger partial charge in [0.15, 0.2) is 0 Å². The average molecular weight is 291 g/mol. The van der Waals surface area contributed by atoms with E-state index in [1.54, 1.807) is 6.08 Å². The van der Waals surface area contributed by atoms with Gasteiger partial charge in [-0.3, -0.25) is 0 Å². The summed E-state index contributed by atoms with van der Waals surface area (Å²) in [5.74, 6) is -0.506. The third kappa shape index (κ3) is 3.35. The van der Waals surface area contributed by atoms with Crippen molar-refractivity contribution in [2.75, 3.05) is 6.61 Å². The van der Waals surface area contributed by atoms with Crippen LogP contribution in [0.5, 0.6) is 0 Å². The van der Waals surface area contributed by atoms with E-state index in [9.17, 15) is 9.90 Å². The minimum Gasteiger partial charge on any atom is -0.511 e. The quantitative estimate of drug-likeness (QED) is 0.278. The number of esters is 1. The van der Waals surface area contributed by atoms with Crippen molar-refractivity contribution in [2.24, 2.45) is 5.16 Å². The van der Waals surface area contributed by atoms with Crippen LogP contribution in [-0.2, 0) is 14.4 Å². The zero-order chi connectivity index (χ0) is 15.3. The van der Waals surface area contributed by atoms with Gasteiger partial charge >= 0.3 is 5.97 Å². The number of hydrogen-bond donors (Lipinski definition) is 1. The van der Waals surface area contributed by atoms with E-state index in [1.807, 2.05) is 19.1 Å². The first-order chi connectivity index (χ1) is 10.1. The Morgan fingerprint density at radius 3 is 3.05 bits per heavy atom.